The van der Waals surface area contributed by atoms with Gasteiger partial charge in [0, 0.05) is 19.3 Å². The van der Waals surface area contributed by atoms with Gasteiger partial charge in [-0.3, -0.25) is 0 Å². The zero-order chi connectivity index (χ0) is 11.6. The Bertz CT molecular complexity index is 251. The van der Waals surface area contributed by atoms with Crippen molar-refractivity contribution in [3.63, 3.8) is 0 Å². The summed E-state index contributed by atoms with van der Waals surface area (Å²) in [5, 5.41) is 19.5. The third kappa shape index (κ3) is 2.63. The second-order valence-corrected chi connectivity index (χ2v) is 4.76. The first-order valence-electron chi connectivity index (χ1n) is 5.92. The average molecular weight is 228 g/mol. The molecule has 16 heavy (non-hydrogen) atoms. The Morgan fingerprint density at radius 1 is 1.31 bits per heavy atom. The van der Waals surface area contributed by atoms with Gasteiger partial charge in [-0.1, -0.05) is 6.08 Å². The Balaban J connectivity index is 2.04. The van der Waals surface area contributed by atoms with Crippen molar-refractivity contribution in [2.45, 2.75) is 56.2 Å². The van der Waals surface area contributed by atoms with Crippen molar-refractivity contribution in [3.05, 3.63) is 12.7 Å². The van der Waals surface area contributed by atoms with E-state index in [1.54, 1.807) is 6.08 Å². The van der Waals surface area contributed by atoms with Crippen molar-refractivity contribution in [1.29, 1.82) is 0 Å². The second-order valence-electron chi connectivity index (χ2n) is 4.76. The van der Waals surface area contributed by atoms with Crippen molar-refractivity contribution < 1.29 is 19.7 Å². The van der Waals surface area contributed by atoms with E-state index < -0.39 is 11.9 Å². The highest BCUT2D eigenvalue weighted by Gasteiger charge is 2.45. The van der Waals surface area contributed by atoms with Crippen molar-refractivity contribution in [1.82, 2.24) is 0 Å². The van der Waals surface area contributed by atoms with Gasteiger partial charge in [0.25, 0.3) is 0 Å². The number of ether oxygens (including phenoxy) is 2. The van der Waals surface area contributed by atoms with E-state index in [2.05, 4.69) is 6.58 Å². The maximum atomic E-state index is 9.83. The smallest absolute Gasteiger partial charge is 0.173 e. The van der Waals surface area contributed by atoms with Gasteiger partial charge in [-0.25, -0.2) is 0 Å². The van der Waals surface area contributed by atoms with E-state index in [1.165, 1.54) is 0 Å². The fraction of sp³-hybridized carbons (Fsp3) is 0.833. The summed E-state index contributed by atoms with van der Waals surface area (Å²) >= 11 is 0. The Morgan fingerprint density at radius 2 is 2.06 bits per heavy atom. The Labute approximate surface area is 95.9 Å². The van der Waals surface area contributed by atoms with Crippen molar-refractivity contribution in [2.24, 2.45) is 0 Å². The van der Waals surface area contributed by atoms with E-state index in [0.717, 1.165) is 0 Å². The Morgan fingerprint density at radius 3 is 2.75 bits per heavy atom. The maximum Gasteiger partial charge on any atom is 0.173 e. The molecule has 2 rings (SSSR count). The minimum atomic E-state index is -0.775. The van der Waals surface area contributed by atoms with Crippen LogP contribution in [0.2, 0.25) is 0 Å². The first-order valence-corrected chi connectivity index (χ1v) is 5.92. The van der Waals surface area contributed by atoms with Gasteiger partial charge in [0.2, 0.25) is 0 Å². The monoisotopic (exact) mass is 228 g/mol. The summed E-state index contributed by atoms with van der Waals surface area (Å²) < 4.78 is 11.5. The molecule has 2 N–H and O–H groups in total. The molecule has 4 nitrogen and oxygen atoms in total. The van der Waals surface area contributed by atoms with Crippen LogP contribution >= 0.6 is 0 Å². The Hall–Kier alpha value is -0.420. The van der Waals surface area contributed by atoms with Crippen LogP contribution in [0.1, 0.15) is 32.1 Å². The van der Waals surface area contributed by atoms with Crippen LogP contribution in [0.25, 0.3) is 0 Å². The van der Waals surface area contributed by atoms with Crippen LogP contribution in [0.3, 0.4) is 0 Å². The average Bonchev–Trinajstić information content (AvgIpc) is 2.15. The predicted molar refractivity (Wildman–Crippen MR) is 58.9 cm³/mol. The van der Waals surface area contributed by atoms with E-state index in [4.69, 9.17) is 9.47 Å². The van der Waals surface area contributed by atoms with Gasteiger partial charge in [-0.15, -0.1) is 6.58 Å². The zero-order valence-corrected chi connectivity index (χ0v) is 9.47. The summed E-state index contributed by atoms with van der Waals surface area (Å²) in [6.07, 6.45) is 3.82. The quantitative estimate of drug-likeness (QED) is 0.691. The lowest BCUT2D eigenvalue weighted by Gasteiger charge is -2.46. The summed E-state index contributed by atoms with van der Waals surface area (Å²) in [5.74, 6) is -0.775. The molecule has 1 spiro atoms. The summed E-state index contributed by atoms with van der Waals surface area (Å²) in [7, 11) is 0. The fourth-order valence-corrected chi connectivity index (χ4v) is 2.60. The molecule has 2 fully saturated rings. The molecular weight excluding hydrogens is 208 g/mol. The van der Waals surface area contributed by atoms with Crippen LogP contribution in [0.5, 0.6) is 0 Å². The van der Waals surface area contributed by atoms with Gasteiger partial charge in [0.15, 0.2) is 5.79 Å². The van der Waals surface area contributed by atoms with Crippen molar-refractivity contribution >= 4 is 0 Å². The first kappa shape index (κ1) is 12.0. The third-order valence-corrected chi connectivity index (χ3v) is 3.26. The zero-order valence-electron chi connectivity index (χ0n) is 9.47. The van der Waals surface area contributed by atoms with Gasteiger partial charge in [-0.2, -0.15) is 0 Å². The molecule has 0 aromatic carbocycles. The fourth-order valence-electron chi connectivity index (χ4n) is 2.60. The van der Waals surface area contributed by atoms with Gasteiger partial charge in [-0.05, 0) is 12.8 Å². The van der Waals surface area contributed by atoms with Gasteiger partial charge < -0.3 is 19.7 Å². The standard InChI is InChI=1S/C12H20O4/c1-2-3-11-6-10(14)8-12(16-11)7-9(13)4-5-15-12/h2,9-11,13-14H,1,3-8H2/t9-,10+,11+,12-/m0/s1. The number of aliphatic hydroxyl groups is 2. The molecule has 2 aliphatic heterocycles. The normalized spacial score (nSPS) is 44.5. The molecule has 0 amide bonds. The molecule has 4 heteroatoms. The molecule has 4 atom stereocenters. The maximum absolute atomic E-state index is 9.83. The van der Waals surface area contributed by atoms with Gasteiger partial charge >= 0.3 is 0 Å². The summed E-state index contributed by atoms with van der Waals surface area (Å²) in [6, 6.07) is 0. The molecular formula is C12H20O4. The predicted octanol–water partition coefficient (Wildman–Crippen LogP) is 0.970. The highest BCUT2D eigenvalue weighted by Crippen LogP contribution is 2.38. The first-order chi connectivity index (χ1) is 7.63. The van der Waals surface area contributed by atoms with E-state index >= 15 is 0 Å². The number of hydrogen-bond donors (Lipinski definition) is 2. The lowest BCUT2D eigenvalue weighted by Crippen LogP contribution is -2.52. The van der Waals surface area contributed by atoms with Gasteiger partial charge in [0.05, 0.1) is 24.9 Å². The molecule has 2 saturated heterocycles. The van der Waals surface area contributed by atoms with E-state index in [9.17, 15) is 10.2 Å². The second kappa shape index (κ2) is 4.84. The number of hydrogen-bond acceptors (Lipinski definition) is 4. The van der Waals surface area contributed by atoms with Crippen molar-refractivity contribution in [3.8, 4) is 0 Å². The molecule has 0 aliphatic carbocycles. The minimum Gasteiger partial charge on any atom is -0.393 e. The SMILES string of the molecule is C=CC[C@@H]1C[C@@H](O)C[C@]2(C[C@@H](O)CCO2)O1. The minimum absolute atomic E-state index is 0.0495. The molecule has 2 heterocycles. The molecule has 0 saturated carbocycles. The van der Waals surface area contributed by atoms with E-state index in [1.807, 2.05) is 0 Å². The molecule has 0 aromatic rings. The van der Waals surface area contributed by atoms with Crippen LogP contribution in [0.15, 0.2) is 12.7 Å². The molecule has 0 unspecified atom stereocenters. The highest BCUT2D eigenvalue weighted by molar-refractivity contribution is 4.89. The van der Waals surface area contributed by atoms with Crippen LogP contribution < -0.4 is 0 Å². The summed E-state index contributed by atoms with van der Waals surface area (Å²) in [6.45, 7) is 4.17. The number of rotatable bonds is 2. The van der Waals surface area contributed by atoms with Crippen molar-refractivity contribution in [2.75, 3.05) is 6.61 Å². The lowest BCUT2D eigenvalue weighted by molar-refractivity contribution is -0.319. The van der Waals surface area contributed by atoms with Gasteiger partial charge in [0.1, 0.15) is 0 Å². The molecule has 0 radical (unpaired) electrons. The van der Waals surface area contributed by atoms with Crippen LogP contribution in [0, 0.1) is 0 Å². The largest absolute Gasteiger partial charge is 0.393 e. The van der Waals surface area contributed by atoms with Crippen LogP contribution in [-0.2, 0) is 9.47 Å². The highest BCUT2D eigenvalue weighted by atomic mass is 16.7. The molecule has 0 bridgehead atoms. The summed E-state index contributed by atoms with van der Waals surface area (Å²) in [4.78, 5) is 0. The van der Waals surface area contributed by atoms with E-state index in [0.29, 0.717) is 38.7 Å². The molecule has 2 aliphatic rings. The van der Waals surface area contributed by atoms with Crippen LogP contribution in [0.4, 0.5) is 0 Å². The Kier molecular flexibility index (Phi) is 3.64. The topological polar surface area (TPSA) is 58.9 Å². The lowest BCUT2D eigenvalue weighted by atomic mass is 9.91. The molecule has 0 aromatic heterocycles. The van der Waals surface area contributed by atoms with E-state index in [-0.39, 0.29) is 12.2 Å². The van der Waals surface area contributed by atoms with Crippen LogP contribution in [-0.4, -0.2) is 40.9 Å². The number of aliphatic hydroxyl groups excluding tert-OH is 2. The third-order valence-electron chi connectivity index (χ3n) is 3.26. The molecule has 92 valence electrons. The summed E-state index contributed by atoms with van der Waals surface area (Å²) in [5.41, 5.74) is 0.